The normalized spacial score (nSPS) is 12.4. The largest absolute Gasteiger partial charge is 0.396 e. The summed E-state index contributed by atoms with van der Waals surface area (Å²) < 4.78 is 0. The Kier molecular flexibility index (Phi) is 8.90. The van der Waals surface area contributed by atoms with Gasteiger partial charge < -0.3 is 15.7 Å². The van der Waals surface area contributed by atoms with Gasteiger partial charge in [-0.2, -0.15) is 0 Å². The van der Waals surface area contributed by atoms with Crippen LogP contribution in [0.1, 0.15) is 46.5 Å². The van der Waals surface area contributed by atoms with Crippen LogP contribution in [0.5, 0.6) is 0 Å². The second kappa shape index (κ2) is 8.97. The second-order valence-corrected chi connectivity index (χ2v) is 5.34. The monoisotopic (exact) mass is 230 g/mol. The van der Waals surface area contributed by atoms with E-state index in [1.165, 1.54) is 19.3 Å². The SMILES string of the molecule is CCN(CCCO)CCCCC(C)(C)CN. The number of aliphatic hydroxyl groups is 1. The number of aliphatic hydroxyl groups excluding tert-OH is 1. The van der Waals surface area contributed by atoms with Gasteiger partial charge in [-0.1, -0.05) is 27.2 Å². The molecule has 0 radical (unpaired) electrons. The molecule has 0 spiro atoms. The standard InChI is InChI=1S/C13H30N2O/c1-4-15(10-7-11-16)9-6-5-8-13(2,3)12-14/h16H,4-12,14H2,1-3H3. The van der Waals surface area contributed by atoms with Gasteiger partial charge in [0.1, 0.15) is 0 Å². The highest BCUT2D eigenvalue weighted by Crippen LogP contribution is 2.21. The van der Waals surface area contributed by atoms with Crippen LogP contribution >= 0.6 is 0 Å². The summed E-state index contributed by atoms with van der Waals surface area (Å²) in [5.41, 5.74) is 6.00. The van der Waals surface area contributed by atoms with Crippen molar-refractivity contribution in [3.63, 3.8) is 0 Å². The molecule has 0 amide bonds. The van der Waals surface area contributed by atoms with Crippen LogP contribution in [-0.4, -0.2) is 42.8 Å². The van der Waals surface area contributed by atoms with E-state index in [4.69, 9.17) is 10.8 Å². The van der Waals surface area contributed by atoms with E-state index in [9.17, 15) is 0 Å². The van der Waals surface area contributed by atoms with Crippen molar-refractivity contribution < 1.29 is 5.11 Å². The van der Waals surface area contributed by atoms with E-state index in [1.54, 1.807) is 0 Å². The second-order valence-electron chi connectivity index (χ2n) is 5.34. The first-order chi connectivity index (χ1) is 7.55. The lowest BCUT2D eigenvalue weighted by Crippen LogP contribution is -2.27. The van der Waals surface area contributed by atoms with Crippen molar-refractivity contribution >= 4 is 0 Å². The first kappa shape index (κ1) is 15.9. The molecule has 0 saturated heterocycles. The molecule has 0 rings (SSSR count). The van der Waals surface area contributed by atoms with E-state index in [-0.39, 0.29) is 0 Å². The highest BCUT2D eigenvalue weighted by Gasteiger charge is 2.14. The van der Waals surface area contributed by atoms with Crippen LogP contribution in [0.15, 0.2) is 0 Å². The Balaban J connectivity index is 3.55. The Bertz CT molecular complexity index is 160. The molecule has 0 atom stereocenters. The van der Waals surface area contributed by atoms with Crippen LogP contribution in [0.25, 0.3) is 0 Å². The lowest BCUT2D eigenvalue weighted by atomic mass is 9.87. The smallest absolute Gasteiger partial charge is 0.0443 e. The molecule has 0 saturated carbocycles. The van der Waals surface area contributed by atoms with Crippen LogP contribution < -0.4 is 5.73 Å². The van der Waals surface area contributed by atoms with Gasteiger partial charge in [-0.3, -0.25) is 0 Å². The maximum absolute atomic E-state index is 8.78. The highest BCUT2D eigenvalue weighted by molar-refractivity contribution is 4.69. The highest BCUT2D eigenvalue weighted by atomic mass is 16.3. The van der Waals surface area contributed by atoms with Crippen LogP contribution in [0.2, 0.25) is 0 Å². The van der Waals surface area contributed by atoms with Gasteiger partial charge in [-0.15, -0.1) is 0 Å². The number of hydrogen-bond donors (Lipinski definition) is 2. The first-order valence-electron chi connectivity index (χ1n) is 6.59. The molecular formula is C13H30N2O. The maximum Gasteiger partial charge on any atom is 0.0443 e. The quantitative estimate of drug-likeness (QED) is 0.563. The van der Waals surface area contributed by atoms with E-state index < -0.39 is 0 Å². The van der Waals surface area contributed by atoms with Gasteiger partial charge in [0.15, 0.2) is 0 Å². The van der Waals surface area contributed by atoms with Gasteiger partial charge in [-0.05, 0) is 44.3 Å². The fourth-order valence-corrected chi connectivity index (χ4v) is 1.76. The Labute approximate surface area is 101 Å². The Morgan fingerprint density at radius 1 is 1.12 bits per heavy atom. The summed E-state index contributed by atoms with van der Waals surface area (Å²) >= 11 is 0. The van der Waals surface area contributed by atoms with Crippen molar-refractivity contribution in [1.29, 1.82) is 0 Å². The third-order valence-electron chi connectivity index (χ3n) is 3.21. The third-order valence-corrected chi connectivity index (χ3v) is 3.21. The van der Waals surface area contributed by atoms with Gasteiger partial charge in [0.25, 0.3) is 0 Å². The minimum atomic E-state index is 0.294. The molecule has 3 heteroatoms. The molecule has 98 valence electrons. The Morgan fingerprint density at radius 3 is 2.25 bits per heavy atom. The number of unbranched alkanes of at least 4 members (excludes halogenated alkanes) is 1. The predicted molar refractivity (Wildman–Crippen MR) is 70.5 cm³/mol. The van der Waals surface area contributed by atoms with Gasteiger partial charge in [0.05, 0.1) is 0 Å². The zero-order valence-electron chi connectivity index (χ0n) is 11.3. The van der Waals surface area contributed by atoms with Crippen molar-refractivity contribution in [2.45, 2.75) is 46.5 Å². The lowest BCUT2D eigenvalue weighted by molar-refractivity contribution is 0.223. The minimum Gasteiger partial charge on any atom is -0.396 e. The summed E-state index contributed by atoms with van der Waals surface area (Å²) in [6.45, 7) is 11.0. The van der Waals surface area contributed by atoms with Crippen LogP contribution in [-0.2, 0) is 0 Å². The maximum atomic E-state index is 8.78. The molecule has 0 aliphatic heterocycles. The summed E-state index contributed by atoms with van der Waals surface area (Å²) in [6, 6.07) is 0. The lowest BCUT2D eigenvalue weighted by Gasteiger charge is -2.24. The number of nitrogens with two attached hydrogens (primary N) is 1. The van der Waals surface area contributed by atoms with Crippen molar-refractivity contribution in [2.75, 3.05) is 32.8 Å². The van der Waals surface area contributed by atoms with Crippen molar-refractivity contribution in [2.24, 2.45) is 11.1 Å². The number of rotatable bonds is 10. The molecular weight excluding hydrogens is 200 g/mol. The van der Waals surface area contributed by atoms with Gasteiger partial charge in [0.2, 0.25) is 0 Å². The topological polar surface area (TPSA) is 49.5 Å². The third kappa shape index (κ3) is 8.08. The van der Waals surface area contributed by atoms with Crippen molar-refractivity contribution in [3.05, 3.63) is 0 Å². The zero-order valence-corrected chi connectivity index (χ0v) is 11.3. The van der Waals surface area contributed by atoms with Crippen LogP contribution in [0.3, 0.4) is 0 Å². The van der Waals surface area contributed by atoms with Gasteiger partial charge in [0, 0.05) is 13.2 Å². The summed E-state index contributed by atoms with van der Waals surface area (Å²) in [4.78, 5) is 2.41. The zero-order chi connectivity index (χ0) is 12.4. The Morgan fingerprint density at radius 2 is 1.75 bits per heavy atom. The average Bonchev–Trinajstić information content (AvgIpc) is 2.28. The van der Waals surface area contributed by atoms with E-state index in [1.807, 2.05) is 0 Å². The van der Waals surface area contributed by atoms with E-state index in [0.29, 0.717) is 12.0 Å². The molecule has 0 heterocycles. The van der Waals surface area contributed by atoms with Crippen molar-refractivity contribution in [1.82, 2.24) is 4.90 Å². The van der Waals surface area contributed by atoms with Gasteiger partial charge in [-0.25, -0.2) is 0 Å². The van der Waals surface area contributed by atoms with E-state index in [2.05, 4.69) is 25.7 Å². The summed E-state index contributed by atoms with van der Waals surface area (Å²) in [5.74, 6) is 0. The molecule has 3 N–H and O–H groups in total. The number of nitrogens with zero attached hydrogens (tertiary/aromatic N) is 1. The Hall–Kier alpha value is -0.120. The molecule has 3 nitrogen and oxygen atoms in total. The molecule has 16 heavy (non-hydrogen) atoms. The van der Waals surface area contributed by atoms with Crippen LogP contribution in [0, 0.1) is 5.41 Å². The molecule has 0 bridgehead atoms. The summed E-state index contributed by atoms with van der Waals surface area (Å²) in [5, 5.41) is 8.78. The van der Waals surface area contributed by atoms with Crippen molar-refractivity contribution in [3.8, 4) is 0 Å². The average molecular weight is 230 g/mol. The molecule has 0 aliphatic rings. The first-order valence-corrected chi connectivity index (χ1v) is 6.59. The fourth-order valence-electron chi connectivity index (χ4n) is 1.76. The summed E-state index contributed by atoms with van der Waals surface area (Å²) in [7, 11) is 0. The predicted octanol–water partition coefficient (Wildman–Crippen LogP) is 1.85. The summed E-state index contributed by atoms with van der Waals surface area (Å²) in [6.07, 6.45) is 4.59. The fraction of sp³-hybridized carbons (Fsp3) is 1.00. The van der Waals surface area contributed by atoms with Crippen LogP contribution in [0.4, 0.5) is 0 Å². The molecule has 0 aromatic carbocycles. The molecule has 0 aromatic rings. The molecule has 0 aromatic heterocycles. The molecule has 0 fully saturated rings. The molecule has 0 aliphatic carbocycles. The van der Waals surface area contributed by atoms with E-state index in [0.717, 1.165) is 32.6 Å². The number of hydrogen-bond acceptors (Lipinski definition) is 3. The molecule has 0 unspecified atom stereocenters. The van der Waals surface area contributed by atoms with E-state index >= 15 is 0 Å². The van der Waals surface area contributed by atoms with Gasteiger partial charge >= 0.3 is 0 Å². The minimum absolute atomic E-state index is 0.294.